The minimum atomic E-state index is -4.48. The Balaban J connectivity index is 3.19. The molecule has 0 fully saturated rings. The van der Waals surface area contributed by atoms with Crippen LogP contribution in [0.5, 0.6) is 0 Å². The first-order valence-corrected chi connectivity index (χ1v) is 6.47. The van der Waals surface area contributed by atoms with Gasteiger partial charge in [0.25, 0.3) is 5.69 Å². The van der Waals surface area contributed by atoms with E-state index in [2.05, 4.69) is 0 Å². The van der Waals surface area contributed by atoms with Crippen LogP contribution in [-0.4, -0.2) is 47.1 Å². The summed E-state index contributed by atoms with van der Waals surface area (Å²) in [4.78, 5) is 11.2. The van der Waals surface area contributed by atoms with Crippen LogP contribution < -0.4 is 4.90 Å². The maximum Gasteiger partial charge on any atom is 0.390 e. The summed E-state index contributed by atoms with van der Waals surface area (Å²) in [7, 11) is 0. The van der Waals surface area contributed by atoms with Crippen LogP contribution in [0, 0.1) is 21.4 Å². The lowest BCUT2D eigenvalue weighted by Gasteiger charge is -2.27. The number of nitro groups is 1. The fourth-order valence-corrected chi connectivity index (χ4v) is 1.89. The van der Waals surface area contributed by atoms with E-state index in [9.17, 15) is 28.4 Å². The molecule has 126 valence electrons. The van der Waals surface area contributed by atoms with E-state index < -0.39 is 49.0 Å². The molecule has 0 unspecified atom stereocenters. The van der Waals surface area contributed by atoms with Crippen molar-refractivity contribution in [3.8, 4) is 6.07 Å². The van der Waals surface area contributed by atoms with Crippen LogP contribution >= 0.6 is 0 Å². The Labute approximate surface area is 129 Å². The molecule has 10 heteroatoms. The van der Waals surface area contributed by atoms with Crippen LogP contribution in [0.15, 0.2) is 18.2 Å². The predicted octanol–water partition coefficient (Wildman–Crippen LogP) is 1.58. The fourth-order valence-electron chi connectivity index (χ4n) is 1.89. The van der Waals surface area contributed by atoms with Crippen molar-refractivity contribution in [2.24, 2.45) is 0 Å². The molecule has 0 saturated carbocycles. The van der Waals surface area contributed by atoms with Gasteiger partial charge in [0.2, 0.25) is 0 Å². The fraction of sp³-hybridized carbons (Fsp3) is 0.462. The molecule has 0 amide bonds. The third-order valence-corrected chi connectivity index (χ3v) is 2.95. The Morgan fingerprint density at radius 3 is 2.57 bits per heavy atom. The smallest absolute Gasteiger partial charge is 0.390 e. The Hall–Kier alpha value is -2.38. The molecule has 0 aliphatic carbocycles. The molecule has 0 aromatic heterocycles. The average molecular weight is 333 g/mol. The highest BCUT2D eigenvalue weighted by Crippen LogP contribution is 2.31. The monoisotopic (exact) mass is 333 g/mol. The van der Waals surface area contributed by atoms with Crippen LogP contribution in [0.4, 0.5) is 24.5 Å². The van der Waals surface area contributed by atoms with E-state index in [0.29, 0.717) is 0 Å². The lowest BCUT2D eigenvalue weighted by molar-refractivity contribution is -0.384. The number of nitriles is 1. The van der Waals surface area contributed by atoms with Gasteiger partial charge in [-0.05, 0) is 12.1 Å². The Morgan fingerprint density at radius 1 is 1.43 bits per heavy atom. The summed E-state index contributed by atoms with van der Waals surface area (Å²) in [5.74, 6) is 0. The van der Waals surface area contributed by atoms with Gasteiger partial charge < -0.3 is 15.1 Å². The Morgan fingerprint density at radius 2 is 2.09 bits per heavy atom. The van der Waals surface area contributed by atoms with E-state index in [-0.39, 0.29) is 11.3 Å². The molecule has 0 aliphatic heterocycles. The molecule has 0 bridgehead atoms. The summed E-state index contributed by atoms with van der Waals surface area (Å²) in [5.41, 5.74) is -0.721. The zero-order chi connectivity index (χ0) is 17.6. The number of hydrogen-bond donors (Lipinski definition) is 2. The van der Waals surface area contributed by atoms with Crippen molar-refractivity contribution in [1.82, 2.24) is 0 Å². The van der Waals surface area contributed by atoms with Gasteiger partial charge in [0.15, 0.2) is 0 Å². The van der Waals surface area contributed by atoms with Gasteiger partial charge in [-0.15, -0.1) is 0 Å². The molecule has 0 aliphatic rings. The van der Waals surface area contributed by atoms with Crippen molar-refractivity contribution in [2.75, 3.05) is 24.6 Å². The molecule has 1 atom stereocenters. The molecule has 0 heterocycles. The van der Waals surface area contributed by atoms with Gasteiger partial charge in [0.1, 0.15) is 5.69 Å². The van der Waals surface area contributed by atoms with Crippen molar-refractivity contribution in [1.29, 1.82) is 5.26 Å². The molecule has 1 rings (SSSR count). The van der Waals surface area contributed by atoms with E-state index in [0.717, 1.165) is 17.0 Å². The molecular weight excluding hydrogens is 319 g/mol. The number of benzene rings is 1. The van der Waals surface area contributed by atoms with Gasteiger partial charge in [0.05, 0.1) is 35.7 Å². The number of nitro benzene ring substituents is 1. The average Bonchev–Trinajstić information content (AvgIpc) is 2.49. The zero-order valence-electron chi connectivity index (χ0n) is 11.8. The third kappa shape index (κ3) is 5.72. The van der Waals surface area contributed by atoms with E-state index in [1.807, 2.05) is 0 Å². The molecule has 2 N–H and O–H groups in total. The number of anilines is 1. The molecule has 1 aromatic carbocycles. The van der Waals surface area contributed by atoms with Crippen LogP contribution in [-0.2, 0) is 0 Å². The molecule has 23 heavy (non-hydrogen) atoms. The van der Waals surface area contributed by atoms with Crippen LogP contribution in [0.2, 0.25) is 0 Å². The second-order valence-corrected chi connectivity index (χ2v) is 4.72. The predicted molar refractivity (Wildman–Crippen MR) is 73.8 cm³/mol. The van der Waals surface area contributed by atoms with Gasteiger partial charge in [-0.2, -0.15) is 18.4 Å². The number of halogens is 3. The summed E-state index contributed by atoms with van der Waals surface area (Å²) >= 11 is 0. The lowest BCUT2D eigenvalue weighted by Crippen LogP contribution is -2.37. The van der Waals surface area contributed by atoms with Crippen molar-refractivity contribution in [3.05, 3.63) is 33.9 Å². The van der Waals surface area contributed by atoms with E-state index in [4.69, 9.17) is 10.4 Å². The Bertz CT molecular complexity index is 601. The van der Waals surface area contributed by atoms with Gasteiger partial charge in [-0.3, -0.25) is 10.1 Å². The highest BCUT2D eigenvalue weighted by atomic mass is 19.4. The number of alkyl halides is 3. The largest absolute Gasteiger partial charge is 0.394 e. The topological polar surface area (TPSA) is 111 Å². The SMILES string of the molecule is N#Cc1ccc(N(CCC(F)(F)F)C[C@H](O)CO)c([N+](=O)[O-])c1. The normalized spacial score (nSPS) is 12.5. The summed E-state index contributed by atoms with van der Waals surface area (Å²) in [5, 5.41) is 38.1. The van der Waals surface area contributed by atoms with E-state index in [1.54, 1.807) is 6.07 Å². The van der Waals surface area contributed by atoms with Crippen molar-refractivity contribution >= 4 is 11.4 Å². The number of aliphatic hydroxyl groups excluding tert-OH is 2. The van der Waals surface area contributed by atoms with Crippen molar-refractivity contribution < 1.29 is 28.3 Å². The third-order valence-electron chi connectivity index (χ3n) is 2.95. The van der Waals surface area contributed by atoms with E-state index in [1.165, 1.54) is 6.07 Å². The van der Waals surface area contributed by atoms with Crippen LogP contribution in [0.3, 0.4) is 0 Å². The molecular formula is C13H14F3N3O4. The second kappa shape index (κ2) is 7.75. The van der Waals surface area contributed by atoms with Gasteiger partial charge in [-0.25, -0.2) is 0 Å². The number of rotatable bonds is 7. The quantitative estimate of drug-likeness (QED) is 0.579. The van der Waals surface area contributed by atoms with Crippen LogP contribution in [0.25, 0.3) is 0 Å². The lowest BCUT2D eigenvalue weighted by atomic mass is 10.1. The minimum absolute atomic E-state index is 0.0149. The number of aliphatic hydroxyl groups is 2. The zero-order valence-corrected chi connectivity index (χ0v) is 11.8. The summed E-state index contributed by atoms with van der Waals surface area (Å²) in [6.45, 7) is -1.75. The molecule has 0 radical (unpaired) electrons. The summed E-state index contributed by atoms with van der Waals surface area (Å²) in [6, 6.07) is 5.03. The highest BCUT2D eigenvalue weighted by Gasteiger charge is 2.30. The van der Waals surface area contributed by atoms with Gasteiger partial charge in [0, 0.05) is 19.2 Å². The Kier molecular flexibility index (Phi) is 6.29. The van der Waals surface area contributed by atoms with Crippen molar-refractivity contribution in [2.45, 2.75) is 18.7 Å². The minimum Gasteiger partial charge on any atom is -0.394 e. The van der Waals surface area contributed by atoms with Crippen LogP contribution in [0.1, 0.15) is 12.0 Å². The second-order valence-electron chi connectivity index (χ2n) is 4.72. The summed E-state index contributed by atoms with van der Waals surface area (Å²) in [6.07, 6.45) is -7.09. The highest BCUT2D eigenvalue weighted by molar-refractivity contribution is 5.65. The summed E-state index contributed by atoms with van der Waals surface area (Å²) < 4.78 is 37.2. The van der Waals surface area contributed by atoms with E-state index >= 15 is 0 Å². The molecule has 1 aromatic rings. The maximum absolute atomic E-state index is 12.4. The number of nitrogens with zero attached hydrogens (tertiary/aromatic N) is 3. The molecule has 0 saturated heterocycles. The van der Waals surface area contributed by atoms with Crippen molar-refractivity contribution in [3.63, 3.8) is 0 Å². The van der Waals surface area contributed by atoms with Gasteiger partial charge in [-0.1, -0.05) is 0 Å². The van der Waals surface area contributed by atoms with Gasteiger partial charge >= 0.3 is 6.18 Å². The first kappa shape index (κ1) is 18.7. The number of hydrogen-bond acceptors (Lipinski definition) is 6. The first-order valence-electron chi connectivity index (χ1n) is 6.47. The standard InChI is InChI=1S/C13H14F3N3O4/c14-13(15,16)3-4-18(7-10(21)8-20)11-2-1-9(6-17)5-12(11)19(22)23/h1-2,5,10,20-21H,3-4,7-8H2/t10-/m0/s1. The first-order chi connectivity index (χ1) is 10.7. The maximum atomic E-state index is 12.4. The molecule has 7 nitrogen and oxygen atoms in total. The molecule has 0 spiro atoms.